The Morgan fingerprint density at radius 2 is 1.52 bits per heavy atom. The minimum absolute atomic E-state index is 0.153. The van der Waals surface area contributed by atoms with Crippen LogP contribution in [0.25, 0.3) is 0 Å². The standard InChI is InChI=1S/C21H18BrNO2/c22-18-11-12-19(21(24)23-14-16-7-3-1-4-8-16)20(13-18)25-15-17-9-5-2-6-10-17/h1-13H,14-15H2,(H,23,24). The molecule has 3 aromatic carbocycles. The number of amides is 1. The van der Waals surface area contributed by atoms with Crippen molar-refractivity contribution in [2.75, 3.05) is 0 Å². The predicted octanol–water partition coefficient (Wildman–Crippen LogP) is 4.96. The molecular weight excluding hydrogens is 378 g/mol. The monoisotopic (exact) mass is 395 g/mol. The number of carbonyl (C=O) groups is 1. The molecule has 0 fully saturated rings. The number of ether oxygens (including phenoxy) is 1. The zero-order valence-electron chi connectivity index (χ0n) is 13.6. The van der Waals surface area contributed by atoms with Crippen LogP contribution in [0.4, 0.5) is 0 Å². The fourth-order valence-corrected chi connectivity index (χ4v) is 2.75. The van der Waals surface area contributed by atoms with E-state index in [4.69, 9.17) is 4.74 Å². The molecule has 0 aliphatic carbocycles. The van der Waals surface area contributed by atoms with E-state index in [0.717, 1.165) is 15.6 Å². The van der Waals surface area contributed by atoms with Gasteiger partial charge in [-0.05, 0) is 29.3 Å². The van der Waals surface area contributed by atoms with Gasteiger partial charge in [-0.3, -0.25) is 4.79 Å². The van der Waals surface area contributed by atoms with E-state index in [2.05, 4.69) is 21.2 Å². The van der Waals surface area contributed by atoms with E-state index in [1.54, 1.807) is 6.07 Å². The number of nitrogens with one attached hydrogen (secondary N) is 1. The first-order chi connectivity index (χ1) is 12.2. The van der Waals surface area contributed by atoms with E-state index >= 15 is 0 Å². The van der Waals surface area contributed by atoms with E-state index in [-0.39, 0.29) is 5.91 Å². The van der Waals surface area contributed by atoms with Crippen LogP contribution in [0.2, 0.25) is 0 Å². The highest BCUT2D eigenvalue weighted by molar-refractivity contribution is 9.10. The van der Waals surface area contributed by atoms with Crippen LogP contribution in [-0.2, 0) is 13.2 Å². The van der Waals surface area contributed by atoms with Gasteiger partial charge >= 0.3 is 0 Å². The number of hydrogen-bond acceptors (Lipinski definition) is 2. The Morgan fingerprint density at radius 1 is 0.880 bits per heavy atom. The summed E-state index contributed by atoms with van der Waals surface area (Å²) in [5.74, 6) is 0.406. The third-order valence-electron chi connectivity index (χ3n) is 3.72. The number of hydrogen-bond donors (Lipinski definition) is 1. The second kappa shape index (κ2) is 8.49. The molecule has 0 atom stereocenters. The Balaban J connectivity index is 1.70. The normalized spacial score (nSPS) is 10.3. The summed E-state index contributed by atoms with van der Waals surface area (Å²) in [5.41, 5.74) is 2.63. The first-order valence-corrected chi connectivity index (χ1v) is 8.80. The highest BCUT2D eigenvalue weighted by Crippen LogP contribution is 2.25. The van der Waals surface area contributed by atoms with Crippen molar-refractivity contribution in [2.45, 2.75) is 13.2 Å². The summed E-state index contributed by atoms with van der Waals surface area (Å²) < 4.78 is 6.76. The largest absolute Gasteiger partial charge is 0.488 e. The fraction of sp³-hybridized carbons (Fsp3) is 0.0952. The van der Waals surface area contributed by atoms with Crippen molar-refractivity contribution in [1.82, 2.24) is 5.32 Å². The summed E-state index contributed by atoms with van der Waals surface area (Å²) >= 11 is 3.44. The minimum atomic E-state index is -0.153. The molecule has 0 aromatic heterocycles. The van der Waals surface area contributed by atoms with Crippen molar-refractivity contribution < 1.29 is 9.53 Å². The molecule has 3 nitrogen and oxygen atoms in total. The van der Waals surface area contributed by atoms with Crippen LogP contribution in [0.5, 0.6) is 5.75 Å². The van der Waals surface area contributed by atoms with E-state index < -0.39 is 0 Å². The van der Waals surface area contributed by atoms with Crippen LogP contribution >= 0.6 is 15.9 Å². The van der Waals surface area contributed by atoms with Gasteiger partial charge in [0, 0.05) is 11.0 Å². The van der Waals surface area contributed by atoms with Gasteiger partial charge in [-0.15, -0.1) is 0 Å². The Labute approximate surface area is 155 Å². The number of carbonyl (C=O) groups excluding carboxylic acids is 1. The van der Waals surface area contributed by atoms with Crippen molar-refractivity contribution in [3.05, 3.63) is 100 Å². The van der Waals surface area contributed by atoms with Crippen molar-refractivity contribution in [3.8, 4) is 5.75 Å². The highest BCUT2D eigenvalue weighted by Gasteiger charge is 2.13. The number of halogens is 1. The molecule has 1 N–H and O–H groups in total. The molecule has 0 heterocycles. The molecule has 0 bridgehead atoms. The molecule has 0 aliphatic heterocycles. The maximum atomic E-state index is 12.6. The highest BCUT2D eigenvalue weighted by atomic mass is 79.9. The first kappa shape index (κ1) is 17.2. The minimum Gasteiger partial charge on any atom is -0.488 e. The lowest BCUT2D eigenvalue weighted by Gasteiger charge is -2.12. The lowest BCUT2D eigenvalue weighted by Crippen LogP contribution is -2.23. The number of rotatable bonds is 6. The van der Waals surface area contributed by atoms with Crippen LogP contribution in [0.15, 0.2) is 83.3 Å². The zero-order valence-corrected chi connectivity index (χ0v) is 15.2. The molecule has 4 heteroatoms. The molecule has 0 aliphatic rings. The summed E-state index contributed by atoms with van der Waals surface area (Å²) in [5, 5.41) is 2.94. The second-order valence-corrected chi connectivity index (χ2v) is 6.50. The van der Waals surface area contributed by atoms with Crippen LogP contribution < -0.4 is 10.1 Å². The molecule has 0 spiro atoms. The van der Waals surface area contributed by atoms with E-state index in [1.807, 2.05) is 72.8 Å². The molecule has 0 radical (unpaired) electrons. The summed E-state index contributed by atoms with van der Waals surface area (Å²) in [6.07, 6.45) is 0. The van der Waals surface area contributed by atoms with E-state index in [9.17, 15) is 4.79 Å². The van der Waals surface area contributed by atoms with Crippen molar-refractivity contribution in [2.24, 2.45) is 0 Å². The molecule has 126 valence electrons. The Morgan fingerprint density at radius 3 is 2.20 bits per heavy atom. The van der Waals surface area contributed by atoms with Crippen LogP contribution in [-0.4, -0.2) is 5.91 Å². The zero-order chi connectivity index (χ0) is 17.5. The van der Waals surface area contributed by atoms with Gasteiger partial charge in [0.1, 0.15) is 12.4 Å². The van der Waals surface area contributed by atoms with Gasteiger partial charge in [0.15, 0.2) is 0 Å². The fourth-order valence-electron chi connectivity index (χ4n) is 2.41. The SMILES string of the molecule is O=C(NCc1ccccc1)c1ccc(Br)cc1OCc1ccccc1. The summed E-state index contributed by atoms with van der Waals surface area (Å²) in [6.45, 7) is 0.893. The molecule has 3 aromatic rings. The summed E-state index contributed by atoms with van der Waals surface area (Å²) in [4.78, 5) is 12.6. The van der Waals surface area contributed by atoms with Crippen molar-refractivity contribution in [3.63, 3.8) is 0 Å². The topological polar surface area (TPSA) is 38.3 Å². The smallest absolute Gasteiger partial charge is 0.255 e. The lowest BCUT2D eigenvalue weighted by atomic mass is 10.1. The third-order valence-corrected chi connectivity index (χ3v) is 4.21. The molecule has 0 unspecified atom stereocenters. The molecular formula is C21H18BrNO2. The number of benzene rings is 3. The van der Waals surface area contributed by atoms with Crippen molar-refractivity contribution >= 4 is 21.8 Å². The van der Waals surface area contributed by atoms with Crippen molar-refractivity contribution in [1.29, 1.82) is 0 Å². The molecule has 0 saturated heterocycles. The predicted molar refractivity (Wildman–Crippen MR) is 103 cm³/mol. The van der Waals surface area contributed by atoms with Gasteiger partial charge in [-0.1, -0.05) is 76.6 Å². The van der Waals surface area contributed by atoms with Crippen LogP contribution in [0.1, 0.15) is 21.5 Å². The van der Waals surface area contributed by atoms with E-state index in [0.29, 0.717) is 24.5 Å². The van der Waals surface area contributed by atoms with Gasteiger partial charge in [0.05, 0.1) is 5.56 Å². The molecule has 0 saturated carbocycles. The molecule has 25 heavy (non-hydrogen) atoms. The third kappa shape index (κ3) is 4.94. The average Bonchev–Trinajstić information content (AvgIpc) is 2.66. The quantitative estimate of drug-likeness (QED) is 0.640. The lowest BCUT2D eigenvalue weighted by molar-refractivity contribution is 0.0946. The van der Waals surface area contributed by atoms with E-state index in [1.165, 1.54) is 0 Å². The summed E-state index contributed by atoms with van der Waals surface area (Å²) in [7, 11) is 0. The van der Waals surface area contributed by atoms with Gasteiger partial charge in [-0.2, -0.15) is 0 Å². The van der Waals surface area contributed by atoms with Crippen LogP contribution in [0, 0.1) is 0 Å². The van der Waals surface area contributed by atoms with Gasteiger partial charge < -0.3 is 10.1 Å². The maximum Gasteiger partial charge on any atom is 0.255 e. The van der Waals surface area contributed by atoms with Gasteiger partial charge in [-0.25, -0.2) is 0 Å². The Kier molecular flexibility index (Phi) is 5.86. The molecule has 3 rings (SSSR count). The average molecular weight is 396 g/mol. The summed E-state index contributed by atoms with van der Waals surface area (Å²) in [6, 6.07) is 25.1. The Bertz CT molecular complexity index is 835. The van der Waals surface area contributed by atoms with Crippen LogP contribution in [0.3, 0.4) is 0 Å². The molecule has 1 amide bonds. The Hall–Kier alpha value is -2.59. The van der Waals surface area contributed by atoms with Gasteiger partial charge in [0.25, 0.3) is 5.91 Å². The van der Waals surface area contributed by atoms with Gasteiger partial charge in [0.2, 0.25) is 0 Å². The second-order valence-electron chi connectivity index (χ2n) is 5.58. The first-order valence-electron chi connectivity index (χ1n) is 8.01. The maximum absolute atomic E-state index is 12.6.